The topological polar surface area (TPSA) is 50.8 Å². The van der Waals surface area contributed by atoms with E-state index in [1.807, 2.05) is 0 Å². The number of halogens is 1. The van der Waals surface area contributed by atoms with Crippen LogP contribution in [0.5, 0.6) is 5.75 Å². The summed E-state index contributed by atoms with van der Waals surface area (Å²) < 4.78 is 24.0. The Morgan fingerprint density at radius 1 is 1.52 bits per heavy atom. The highest BCUT2D eigenvalue weighted by Gasteiger charge is 2.31. The van der Waals surface area contributed by atoms with Gasteiger partial charge >= 0.3 is 0 Å². The second-order valence-electron chi connectivity index (χ2n) is 6.13. The first-order valence-corrected chi connectivity index (χ1v) is 8.13. The van der Waals surface area contributed by atoms with E-state index in [-0.39, 0.29) is 11.7 Å². The molecule has 6 heteroatoms. The number of nitrogens with zero attached hydrogens (tertiary/aromatic N) is 1. The Bertz CT molecular complexity index is 567. The average Bonchev–Trinajstić information content (AvgIpc) is 3.16. The average molecular weight is 322 g/mol. The summed E-state index contributed by atoms with van der Waals surface area (Å²) in [5, 5.41) is 2.98. The minimum absolute atomic E-state index is 0.125. The van der Waals surface area contributed by atoms with Crippen molar-refractivity contribution in [2.75, 3.05) is 33.4 Å². The summed E-state index contributed by atoms with van der Waals surface area (Å²) in [5.41, 5.74) is 0.757. The maximum Gasteiger partial charge on any atom is 0.261 e. The molecule has 0 spiro atoms. The van der Waals surface area contributed by atoms with Gasteiger partial charge < -0.3 is 14.8 Å². The second kappa shape index (κ2) is 7.27. The SMILES string of the molecule is COCCN1CCCC1CNC(=O)C1Cc2cc(F)ccc2O1. The third-order valence-corrected chi connectivity index (χ3v) is 4.58. The molecule has 1 fully saturated rings. The molecule has 0 saturated carbocycles. The van der Waals surface area contributed by atoms with Gasteiger partial charge in [-0.15, -0.1) is 0 Å². The minimum Gasteiger partial charge on any atom is -0.480 e. The Kier molecular flexibility index (Phi) is 5.13. The fraction of sp³-hybridized carbons (Fsp3) is 0.588. The fourth-order valence-electron chi connectivity index (χ4n) is 3.32. The zero-order chi connectivity index (χ0) is 16.2. The summed E-state index contributed by atoms with van der Waals surface area (Å²) in [5.74, 6) is 0.183. The highest BCUT2D eigenvalue weighted by Crippen LogP contribution is 2.29. The van der Waals surface area contributed by atoms with Gasteiger partial charge in [0, 0.05) is 38.2 Å². The molecule has 2 atom stereocenters. The van der Waals surface area contributed by atoms with Crippen LogP contribution in [0.15, 0.2) is 18.2 Å². The Balaban J connectivity index is 1.49. The zero-order valence-corrected chi connectivity index (χ0v) is 13.4. The molecule has 0 radical (unpaired) electrons. The molecule has 23 heavy (non-hydrogen) atoms. The molecule has 1 amide bonds. The highest BCUT2D eigenvalue weighted by molar-refractivity contribution is 5.82. The maximum absolute atomic E-state index is 13.2. The van der Waals surface area contributed by atoms with Gasteiger partial charge in [-0.25, -0.2) is 4.39 Å². The van der Waals surface area contributed by atoms with Gasteiger partial charge in [-0.2, -0.15) is 0 Å². The molecule has 1 N–H and O–H groups in total. The zero-order valence-electron chi connectivity index (χ0n) is 13.4. The fourth-order valence-corrected chi connectivity index (χ4v) is 3.32. The molecule has 1 aromatic rings. The van der Waals surface area contributed by atoms with Crippen molar-refractivity contribution in [3.63, 3.8) is 0 Å². The quantitative estimate of drug-likeness (QED) is 0.859. The van der Waals surface area contributed by atoms with Crippen molar-refractivity contribution in [2.24, 2.45) is 0 Å². The number of rotatable bonds is 6. The number of methoxy groups -OCH3 is 1. The van der Waals surface area contributed by atoms with Crippen molar-refractivity contribution in [2.45, 2.75) is 31.4 Å². The summed E-state index contributed by atoms with van der Waals surface area (Å²) in [6, 6.07) is 4.73. The lowest BCUT2D eigenvalue weighted by molar-refractivity contribution is -0.127. The Morgan fingerprint density at radius 3 is 3.22 bits per heavy atom. The molecule has 0 bridgehead atoms. The van der Waals surface area contributed by atoms with E-state index in [0.29, 0.717) is 31.4 Å². The van der Waals surface area contributed by atoms with Gasteiger partial charge in [0.1, 0.15) is 11.6 Å². The van der Waals surface area contributed by atoms with E-state index in [9.17, 15) is 9.18 Å². The summed E-state index contributed by atoms with van der Waals surface area (Å²) in [6.07, 6.45) is 2.10. The van der Waals surface area contributed by atoms with Crippen LogP contribution in [0, 0.1) is 5.82 Å². The molecule has 3 rings (SSSR count). The second-order valence-corrected chi connectivity index (χ2v) is 6.13. The van der Waals surface area contributed by atoms with E-state index in [0.717, 1.165) is 31.5 Å². The molecule has 2 aliphatic heterocycles. The first-order valence-electron chi connectivity index (χ1n) is 8.13. The molecule has 1 aromatic carbocycles. The number of carbonyl (C=O) groups excluding carboxylic acids is 1. The van der Waals surface area contributed by atoms with Gasteiger partial charge in [0.15, 0.2) is 6.10 Å². The first kappa shape index (κ1) is 16.2. The van der Waals surface area contributed by atoms with Crippen LogP contribution in [0.2, 0.25) is 0 Å². The Morgan fingerprint density at radius 2 is 2.39 bits per heavy atom. The molecule has 2 aliphatic rings. The van der Waals surface area contributed by atoms with E-state index >= 15 is 0 Å². The van der Waals surface area contributed by atoms with Crippen LogP contribution < -0.4 is 10.1 Å². The molecule has 0 aromatic heterocycles. The lowest BCUT2D eigenvalue weighted by Gasteiger charge is -2.24. The summed E-state index contributed by atoms with van der Waals surface area (Å²) in [7, 11) is 1.70. The Labute approximate surface area is 135 Å². The number of amides is 1. The standard InChI is InChI=1S/C17H23FN2O3/c1-22-8-7-20-6-2-3-14(20)11-19-17(21)16-10-12-9-13(18)4-5-15(12)23-16/h4-5,9,14,16H,2-3,6-8,10-11H2,1H3,(H,19,21). The van der Waals surface area contributed by atoms with Crippen molar-refractivity contribution in [3.05, 3.63) is 29.6 Å². The molecule has 1 saturated heterocycles. The number of nitrogens with one attached hydrogen (secondary N) is 1. The third-order valence-electron chi connectivity index (χ3n) is 4.58. The van der Waals surface area contributed by atoms with Crippen molar-refractivity contribution in [1.29, 1.82) is 0 Å². The van der Waals surface area contributed by atoms with Crippen molar-refractivity contribution >= 4 is 5.91 Å². The van der Waals surface area contributed by atoms with Crippen molar-refractivity contribution in [1.82, 2.24) is 10.2 Å². The van der Waals surface area contributed by atoms with Crippen LogP contribution >= 0.6 is 0 Å². The van der Waals surface area contributed by atoms with Crippen LogP contribution in [0.25, 0.3) is 0 Å². The lowest BCUT2D eigenvalue weighted by atomic mass is 10.1. The van der Waals surface area contributed by atoms with Crippen molar-refractivity contribution in [3.8, 4) is 5.75 Å². The van der Waals surface area contributed by atoms with Gasteiger partial charge in [0.05, 0.1) is 6.61 Å². The van der Waals surface area contributed by atoms with E-state index in [1.165, 1.54) is 12.1 Å². The lowest BCUT2D eigenvalue weighted by Crippen LogP contribution is -2.45. The van der Waals surface area contributed by atoms with Crippen LogP contribution in [0.4, 0.5) is 4.39 Å². The Hall–Kier alpha value is -1.66. The molecular weight excluding hydrogens is 299 g/mol. The smallest absolute Gasteiger partial charge is 0.261 e. The van der Waals surface area contributed by atoms with Gasteiger partial charge in [0.2, 0.25) is 0 Å². The van der Waals surface area contributed by atoms with Crippen LogP contribution in [-0.4, -0.2) is 56.3 Å². The van der Waals surface area contributed by atoms with E-state index < -0.39 is 6.10 Å². The molecule has 126 valence electrons. The van der Waals surface area contributed by atoms with Gasteiger partial charge in [-0.1, -0.05) is 0 Å². The number of hydrogen-bond donors (Lipinski definition) is 1. The van der Waals surface area contributed by atoms with E-state index in [2.05, 4.69) is 10.2 Å². The molecule has 0 aliphatic carbocycles. The van der Waals surface area contributed by atoms with Gasteiger partial charge in [-0.3, -0.25) is 9.69 Å². The van der Waals surface area contributed by atoms with Gasteiger partial charge in [-0.05, 0) is 37.6 Å². The molecule has 5 nitrogen and oxygen atoms in total. The predicted octanol–water partition coefficient (Wildman–Crippen LogP) is 1.36. The summed E-state index contributed by atoms with van der Waals surface area (Å²) >= 11 is 0. The number of likely N-dealkylation sites (tertiary alicyclic amines) is 1. The maximum atomic E-state index is 13.2. The number of fused-ring (bicyclic) bond motifs is 1. The number of carbonyl (C=O) groups is 1. The minimum atomic E-state index is -0.555. The van der Waals surface area contributed by atoms with E-state index in [4.69, 9.17) is 9.47 Å². The largest absolute Gasteiger partial charge is 0.480 e. The summed E-state index contributed by atoms with van der Waals surface area (Å²) in [4.78, 5) is 14.7. The number of hydrogen-bond acceptors (Lipinski definition) is 4. The van der Waals surface area contributed by atoms with Gasteiger partial charge in [0.25, 0.3) is 5.91 Å². The third kappa shape index (κ3) is 3.82. The molecule has 2 unspecified atom stereocenters. The first-order chi connectivity index (χ1) is 11.2. The normalized spacial score (nSPS) is 23.6. The van der Waals surface area contributed by atoms with Crippen molar-refractivity contribution < 1.29 is 18.7 Å². The van der Waals surface area contributed by atoms with Crippen LogP contribution in [-0.2, 0) is 16.0 Å². The number of ether oxygens (including phenoxy) is 2. The van der Waals surface area contributed by atoms with Crippen LogP contribution in [0.3, 0.4) is 0 Å². The summed E-state index contributed by atoms with van der Waals surface area (Å²) in [6.45, 7) is 3.26. The predicted molar refractivity (Wildman–Crippen MR) is 84.0 cm³/mol. The van der Waals surface area contributed by atoms with Crippen LogP contribution in [0.1, 0.15) is 18.4 Å². The number of benzene rings is 1. The molecular formula is C17H23FN2O3. The van der Waals surface area contributed by atoms with E-state index in [1.54, 1.807) is 13.2 Å². The highest BCUT2D eigenvalue weighted by atomic mass is 19.1. The monoisotopic (exact) mass is 322 g/mol. The molecule has 2 heterocycles.